The van der Waals surface area contributed by atoms with E-state index in [1.54, 1.807) is 0 Å². The van der Waals surface area contributed by atoms with Crippen molar-refractivity contribution < 1.29 is 24.0 Å². The summed E-state index contributed by atoms with van der Waals surface area (Å²) in [4.78, 5) is 22.3. The van der Waals surface area contributed by atoms with E-state index in [0.29, 0.717) is 6.61 Å². The maximum atomic E-state index is 11.8. The van der Waals surface area contributed by atoms with E-state index >= 15 is 0 Å². The molecule has 1 fully saturated rings. The third-order valence-electron chi connectivity index (χ3n) is 2.83. The number of rotatable bonds is 4. The number of nitrogens with one attached hydrogen (secondary N) is 1. The highest BCUT2D eigenvalue weighted by Gasteiger charge is 2.25. The molecule has 1 saturated heterocycles. The van der Waals surface area contributed by atoms with E-state index in [-0.39, 0.29) is 23.6 Å². The average Bonchev–Trinajstić information content (AvgIpc) is 3.00. The Bertz CT molecular complexity index is 450. The summed E-state index contributed by atoms with van der Waals surface area (Å²) in [5.41, 5.74) is -0.0442. The van der Waals surface area contributed by atoms with Gasteiger partial charge in [0.15, 0.2) is 5.69 Å². The molecule has 0 spiro atoms. The van der Waals surface area contributed by atoms with Crippen molar-refractivity contribution in [3.8, 4) is 0 Å². The first kappa shape index (κ1) is 12.6. The summed E-state index contributed by atoms with van der Waals surface area (Å²) in [7, 11) is 0. The number of carboxylic acid groups (broad SMARTS) is 1. The zero-order chi connectivity index (χ0) is 13.1. The molecule has 7 heteroatoms. The van der Waals surface area contributed by atoms with Gasteiger partial charge >= 0.3 is 5.97 Å². The molecule has 1 aromatic heterocycles. The van der Waals surface area contributed by atoms with Crippen LogP contribution in [-0.2, 0) is 4.74 Å². The summed E-state index contributed by atoms with van der Waals surface area (Å²) in [6.45, 7) is 2.55. The quantitative estimate of drug-likeness (QED) is 0.818. The van der Waals surface area contributed by atoms with Gasteiger partial charge in [0.05, 0.1) is 12.1 Å². The molecule has 7 nitrogen and oxygen atoms in total. The van der Waals surface area contributed by atoms with Crippen LogP contribution in [0.4, 0.5) is 0 Å². The highest BCUT2D eigenvalue weighted by Crippen LogP contribution is 2.15. The molecule has 2 N–H and O–H groups in total. The first-order valence-corrected chi connectivity index (χ1v) is 5.70. The monoisotopic (exact) mass is 254 g/mol. The molecule has 1 amide bonds. The number of aromatic carboxylic acids is 1. The van der Waals surface area contributed by atoms with Crippen molar-refractivity contribution >= 4 is 11.9 Å². The first-order valence-electron chi connectivity index (χ1n) is 5.70. The van der Waals surface area contributed by atoms with Gasteiger partial charge in [-0.3, -0.25) is 4.79 Å². The van der Waals surface area contributed by atoms with Crippen molar-refractivity contribution in [3.63, 3.8) is 0 Å². The van der Waals surface area contributed by atoms with Gasteiger partial charge < -0.3 is 19.7 Å². The van der Waals surface area contributed by atoms with Crippen LogP contribution in [0.25, 0.3) is 0 Å². The van der Waals surface area contributed by atoms with Crippen molar-refractivity contribution in [1.82, 2.24) is 10.5 Å². The van der Waals surface area contributed by atoms with E-state index in [4.69, 9.17) is 9.84 Å². The van der Waals surface area contributed by atoms with Crippen LogP contribution in [0.1, 0.15) is 40.8 Å². The summed E-state index contributed by atoms with van der Waals surface area (Å²) in [5, 5.41) is 14.8. The van der Waals surface area contributed by atoms with E-state index in [1.807, 2.05) is 6.92 Å². The zero-order valence-corrected chi connectivity index (χ0v) is 9.88. The van der Waals surface area contributed by atoms with Gasteiger partial charge in [-0.15, -0.1) is 0 Å². The van der Waals surface area contributed by atoms with E-state index in [2.05, 4.69) is 15.0 Å². The SMILES string of the molecule is CC(NC(=O)c1cc(C(=O)O)on1)C1CCCO1. The molecule has 0 bridgehead atoms. The van der Waals surface area contributed by atoms with Crippen molar-refractivity contribution in [2.24, 2.45) is 0 Å². The molecule has 2 rings (SSSR count). The molecule has 0 radical (unpaired) electrons. The predicted molar refractivity (Wildman–Crippen MR) is 59.4 cm³/mol. The fourth-order valence-corrected chi connectivity index (χ4v) is 1.85. The molecular formula is C11H14N2O5. The molecular weight excluding hydrogens is 240 g/mol. The minimum absolute atomic E-state index is 0.000190. The van der Waals surface area contributed by atoms with Crippen LogP contribution in [0, 0.1) is 0 Å². The average molecular weight is 254 g/mol. The second-order valence-corrected chi connectivity index (χ2v) is 4.20. The molecule has 2 unspecified atom stereocenters. The second-order valence-electron chi connectivity index (χ2n) is 4.20. The molecule has 1 aliphatic rings. The number of hydrogen-bond donors (Lipinski definition) is 2. The normalized spacial score (nSPS) is 20.6. The third-order valence-corrected chi connectivity index (χ3v) is 2.83. The van der Waals surface area contributed by atoms with Crippen LogP contribution in [0.15, 0.2) is 10.6 Å². The third kappa shape index (κ3) is 2.67. The van der Waals surface area contributed by atoms with Crippen LogP contribution in [0.5, 0.6) is 0 Å². The standard InChI is InChI=1S/C11H14N2O5/c1-6(8-3-2-4-17-8)12-10(14)7-5-9(11(15)16)18-13-7/h5-6,8H,2-4H2,1H3,(H,12,14)(H,15,16). The number of nitrogens with zero attached hydrogens (tertiary/aromatic N) is 1. The number of hydrogen-bond acceptors (Lipinski definition) is 5. The number of ether oxygens (including phenoxy) is 1. The Morgan fingerprint density at radius 2 is 2.39 bits per heavy atom. The van der Waals surface area contributed by atoms with Crippen molar-refractivity contribution in [2.45, 2.75) is 31.9 Å². The summed E-state index contributed by atoms with van der Waals surface area (Å²) in [6.07, 6.45) is 1.89. The number of aromatic nitrogens is 1. The summed E-state index contributed by atoms with van der Waals surface area (Å²) < 4.78 is 9.95. The Balaban J connectivity index is 1.95. The Morgan fingerprint density at radius 1 is 1.61 bits per heavy atom. The first-order chi connectivity index (χ1) is 8.58. The molecule has 2 heterocycles. The van der Waals surface area contributed by atoms with Crippen LogP contribution in [-0.4, -0.2) is 40.9 Å². The lowest BCUT2D eigenvalue weighted by Crippen LogP contribution is -2.40. The molecule has 2 atom stereocenters. The van der Waals surface area contributed by atoms with E-state index < -0.39 is 11.9 Å². The zero-order valence-electron chi connectivity index (χ0n) is 9.88. The predicted octanol–water partition coefficient (Wildman–Crippen LogP) is 0.670. The van der Waals surface area contributed by atoms with Crippen LogP contribution < -0.4 is 5.32 Å². The van der Waals surface area contributed by atoms with Gasteiger partial charge in [-0.2, -0.15) is 0 Å². The molecule has 98 valence electrons. The fraction of sp³-hybridized carbons (Fsp3) is 0.545. The van der Waals surface area contributed by atoms with Gasteiger partial charge in [-0.1, -0.05) is 5.16 Å². The van der Waals surface area contributed by atoms with Gasteiger partial charge in [-0.05, 0) is 19.8 Å². The van der Waals surface area contributed by atoms with E-state index in [0.717, 1.165) is 18.9 Å². The molecule has 0 saturated carbocycles. The minimum Gasteiger partial charge on any atom is -0.475 e. The number of carbonyl (C=O) groups excluding carboxylic acids is 1. The Hall–Kier alpha value is -1.89. The smallest absolute Gasteiger partial charge is 0.374 e. The number of carbonyl (C=O) groups is 2. The van der Waals surface area contributed by atoms with Crippen molar-refractivity contribution in [1.29, 1.82) is 0 Å². The maximum absolute atomic E-state index is 11.8. The number of amides is 1. The van der Waals surface area contributed by atoms with Gasteiger partial charge in [0.25, 0.3) is 5.91 Å². The van der Waals surface area contributed by atoms with Crippen LogP contribution in [0.2, 0.25) is 0 Å². The van der Waals surface area contributed by atoms with Gasteiger partial charge in [-0.25, -0.2) is 4.79 Å². The molecule has 0 aliphatic carbocycles. The molecule has 18 heavy (non-hydrogen) atoms. The maximum Gasteiger partial charge on any atom is 0.374 e. The lowest BCUT2D eigenvalue weighted by molar-refractivity contribution is 0.0649. The minimum atomic E-state index is -1.26. The highest BCUT2D eigenvalue weighted by molar-refractivity contribution is 5.94. The van der Waals surface area contributed by atoms with Crippen molar-refractivity contribution in [2.75, 3.05) is 6.61 Å². The molecule has 1 aromatic rings. The van der Waals surface area contributed by atoms with Gasteiger partial charge in [0.1, 0.15) is 0 Å². The van der Waals surface area contributed by atoms with Crippen LogP contribution >= 0.6 is 0 Å². The second kappa shape index (κ2) is 5.18. The van der Waals surface area contributed by atoms with E-state index in [1.165, 1.54) is 0 Å². The van der Waals surface area contributed by atoms with E-state index in [9.17, 15) is 9.59 Å². The van der Waals surface area contributed by atoms with Gasteiger partial charge in [0.2, 0.25) is 5.76 Å². The van der Waals surface area contributed by atoms with Crippen LogP contribution in [0.3, 0.4) is 0 Å². The lowest BCUT2D eigenvalue weighted by atomic mass is 10.1. The van der Waals surface area contributed by atoms with Gasteiger partial charge in [0, 0.05) is 12.7 Å². The largest absolute Gasteiger partial charge is 0.475 e. The highest BCUT2D eigenvalue weighted by atomic mass is 16.5. The summed E-state index contributed by atoms with van der Waals surface area (Å²) >= 11 is 0. The number of carboxylic acids is 1. The Kier molecular flexibility index (Phi) is 3.61. The molecule has 1 aliphatic heterocycles. The summed E-state index contributed by atoms with van der Waals surface area (Å²) in [6, 6.07) is 0.949. The lowest BCUT2D eigenvalue weighted by Gasteiger charge is -2.19. The Labute approximate surface area is 103 Å². The van der Waals surface area contributed by atoms with Crippen molar-refractivity contribution in [3.05, 3.63) is 17.5 Å². The summed E-state index contributed by atoms with van der Waals surface area (Å²) in [5.74, 6) is -2.08. The topological polar surface area (TPSA) is 102 Å². The Morgan fingerprint density at radius 3 is 2.94 bits per heavy atom. The molecule has 0 aromatic carbocycles. The fourth-order valence-electron chi connectivity index (χ4n) is 1.85.